The van der Waals surface area contributed by atoms with Crippen molar-refractivity contribution in [1.29, 1.82) is 0 Å². The van der Waals surface area contributed by atoms with Gasteiger partial charge in [-0.15, -0.1) is 0 Å². The highest BCUT2D eigenvalue weighted by Gasteiger charge is 2.14. The fraction of sp³-hybridized carbons (Fsp3) is 0.250. The zero-order chi connectivity index (χ0) is 6.69. The van der Waals surface area contributed by atoms with Crippen molar-refractivity contribution < 1.29 is 9.68 Å². The van der Waals surface area contributed by atoms with E-state index in [4.69, 9.17) is 5.02 Å². The molecule has 0 unspecified atom stereocenters. The number of nitrogens with zero attached hydrogens (tertiary/aromatic N) is 1. The first-order valence-corrected chi connectivity index (χ1v) is 2.54. The summed E-state index contributed by atoms with van der Waals surface area (Å²) in [5.74, 6) is 0. The summed E-state index contributed by atoms with van der Waals surface area (Å²) in [7, 11) is 0.540. The van der Waals surface area contributed by atoms with Crippen molar-refractivity contribution >= 4 is 12.7 Å². The predicted molar refractivity (Wildman–Crippen MR) is 33.2 cm³/mol. The van der Waals surface area contributed by atoms with Crippen LogP contribution in [-0.2, 0) is 4.65 Å². The van der Waals surface area contributed by atoms with Crippen molar-refractivity contribution in [2.24, 2.45) is 0 Å². The van der Waals surface area contributed by atoms with Gasteiger partial charge in [0.05, 0.1) is 5.59 Å². The Morgan fingerprint density at radius 1 is 1.89 bits per heavy atom. The smallest absolute Gasteiger partial charge is 0.422 e. The van der Waals surface area contributed by atoms with Gasteiger partial charge in [0.25, 0.3) is 0 Å². The van der Waals surface area contributed by atoms with Gasteiger partial charge in [-0.05, 0) is 6.07 Å². The zero-order valence-electron chi connectivity index (χ0n) is 5.03. The van der Waals surface area contributed by atoms with E-state index >= 15 is 0 Å². The Hall–Kier alpha value is -0.805. The third-order valence-corrected chi connectivity index (χ3v) is 1.01. The Morgan fingerprint density at radius 2 is 2.67 bits per heavy atom. The maximum absolute atomic E-state index is 8.92. The summed E-state index contributed by atoms with van der Waals surface area (Å²) in [6, 6.07) is 1.65. The fourth-order valence-electron chi connectivity index (χ4n) is 0.531. The van der Waals surface area contributed by atoms with Crippen LogP contribution in [0.3, 0.4) is 0 Å². The van der Waals surface area contributed by atoms with Crippen LogP contribution < -0.4 is 5.59 Å². The standard InChI is InChI=1S/C4H7BN2O2/c1-9-5(8)4-2-3-6-7-4/h2-3,8H,1H3,(H,6,7). The summed E-state index contributed by atoms with van der Waals surface area (Å²) < 4.78 is 4.58. The van der Waals surface area contributed by atoms with Crippen LogP contribution in [0.2, 0.25) is 0 Å². The van der Waals surface area contributed by atoms with Gasteiger partial charge in [0, 0.05) is 13.3 Å². The van der Waals surface area contributed by atoms with E-state index in [0.717, 1.165) is 0 Å². The number of hydrogen-bond donors (Lipinski definition) is 2. The van der Waals surface area contributed by atoms with Crippen molar-refractivity contribution in [2.75, 3.05) is 7.11 Å². The van der Waals surface area contributed by atoms with Gasteiger partial charge in [0.1, 0.15) is 0 Å². The molecule has 2 N–H and O–H groups in total. The van der Waals surface area contributed by atoms with E-state index in [1.807, 2.05) is 0 Å². The van der Waals surface area contributed by atoms with Crippen LogP contribution >= 0.6 is 0 Å². The molecule has 1 rings (SSSR count). The highest BCUT2D eigenvalue weighted by Crippen LogP contribution is 1.77. The van der Waals surface area contributed by atoms with Gasteiger partial charge in [-0.1, -0.05) is 0 Å². The Bertz CT molecular complexity index is 165. The van der Waals surface area contributed by atoms with Crippen LogP contribution in [0.5, 0.6) is 0 Å². The normalized spacial score (nSPS) is 9.56. The lowest BCUT2D eigenvalue weighted by Crippen LogP contribution is -2.33. The van der Waals surface area contributed by atoms with Gasteiger partial charge in [-0.2, -0.15) is 5.10 Å². The minimum Gasteiger partial charge on any atom is -0.422 e. The predicted octanol–water partition coefficient (Wildman–Crippen LogP) is -1.26. The Balaban J connectivity index is 2.65. The lowest BCUT2D eigenvalue weighted by Gasteiger charge is -1.96. The number of nitrogens with one attached hydrogen (secondary N) is 1. The minimum atomic E-state index is -0.882. The molecule has 4 nitrogen and oxygen atoms in total. The first-order chi connectivity index (χ1) is 4.34. The molecule has 0 radical (unpaired) electrons. The molecule has 0 atom stereocenters. The molecule has 0 fully saturated rings. The first kappa shape index (κ1) is 6.32. The lowest BCUT2D eigenvalue weighted by atomic mass is 9.86. The summed E-state index contributed by atoms with van der Waals surface area (Å²) >= 11 is 0. The molecule has 0 aliphatic heterocycles. The molecule has 0 aliphatic carbocycles. The van der Waals surface area contributed by atoms with Gasteiger partial charge < -0.3 is 9.68 Å². The maximum Gasteiger partial charge on any atom is 0.510 e. The third-order valence-electron chi connectivity index (χ3n) is 1.01. The molecule has 1 aromatic heterocycles. The molecule has 0 saturated carbocycles. The van der Waals surface area contributed by atoms with Gasteiger partial charge >= 0.3 is 7.12 Å². The monoisotopic (exact) mass is 126 g/mol. The summed E-state index contributed by atoms with van der Waals surface area (Å²) in [6.45, 7) is 0. The lowest BCUT2D eigenvalue weighted by molar-refractivity contribution is 0.340. The molecular weight excluding hydrogens is 119 g/mol. The van der Waals surface area contributed by atoms with Gasteiger partial charge in [0.2, 0.25) is 0 Å². The van der Waals surface area contributed by atoms with Crippen LogP contribution in [0.15, 0.2) is 12.3 Å². The molecule has 0 aliphatic rings. The highest BCUT2D eigenvalue weighted by atomic mass is 16.5. The van der Waals surface area contributed by atoms with Crippen LogP contribution in [0.1, 0.15) is 0 Å². The molecule has 0 amide bonds. The molecule has 9 heavy (non-hydrogen) atoms. The summed E-state index contributed by atoms with van der Waals surface area (Å²) in [4.78, 5) is 0. The van der Waals surface area contributed by atoms with Crippen LogP contribution in [0, 0.1) is 0 Å². The van der Waals surface area contributed by atoms with E-state index in [9.17, 15) is 0 Å². The third kappa shape index (κ3) is 1.31. The number of rotatable bonds is 2. The fourth-order valence-corrected chi connectivity index (χ4v) is 0.531. The van der Waals surface area contributed by atoms with E-state index in [-0.39, 0.29) is 0 Å². The second-order valence-corrected chi connectivity index (χ2v) is 1.60. The summed E-state index contributed by atoms with van der Waals surface area (Å²) in [5, 5.41) is 15.1. The van der Waals surface area contributed by atoms with Crippen LogP contribution in [0.25, 0.3) is 0 Å². The molecule has 0 aromatic carbocycles. The maximum atomic E-state index is 8.92. The number of H-pyrrole nitrogens is 1. The van der Waals surface area contributed by atoms with E-state index < -0.39 is 7.12 Å². The van der Waals surface area contributed by atoms with Crippen molar-refractivity contribution in [3.63, 3.8) is 0 Å². The molecule has 1 aromatic rings. The zero-order valence-corrected chi connectivity index (χ0v) is 5.03. The van der Waals surface area contributed by atoms with E-state index in [1.54, 1.807) is 12.3 Å². The van der Waals surface area contributed by atoms with Crippen molar-refractivity contribution in [3.05, 3.63) is 12.3 Å². The first-order valence-electron chi connectivity index (χ1n) is 2.54. The van der Waals surface area contributed by atoms with Crippen molar-refractivity contribution in [2.45, 2.75) is 0 Å². The topological polar surface area (TPSA) is 58.1 Å². The van der Waals surface area contributed by atoms with Gasteiger partial charge in [0.15, 0.2) is 0 Å². The SMILES string of the molecule is COB(O)c1ccn[nH]1. The van der Waals surface area contributed by atoms with Crippen LogP contribution in [0.4, 0.5) is 0 Å². The number of aromatic amines is 1. The quantitative estimate of drug-likeness (QED) is 0.486. The Labute approximate surface area is 53.0 Å². The summed E-state index contributed by atoms with van der Waals surface area (Å²) in [5.41, 5.74) is 0.567. The molecule has 0 bridgehead atoms. The molecule has 0 spiro atoms. The second kappa shape index (κ2) is 2.66. The number of aromatic nitrogens is 2. The average molecular weight is 126 g/mol. The summed E-state index contributed by atoms with van der Waals surface area (Å²) in [6.07, 6.45) is 1.55. The molecule has 0 saturated heterocycles. The molecule has 48 valence electrons. The van der Waals surface area contributed by atoms with Gasteiger partial charge in [-0.25, -0.2) is 0 Å². The number of hydrogen-bond acceptors (Lipinski definition) is 3. The molecule has 1 heterocycles. The average Bonchev–Trinajstić information content (AvgIpc) is 2.37. The van der Waals surface area contributed by atoms with Gasteiger partial charge in [-0.3, -0.25) is 5.10 Å². The Morgan fingerprint density at radius 3 is 3.11 bits per heavy atom. The van der Waals surface area contributed by atoms with Crippen molar-refractivity contribution in [1.82, 2.24) is 10.2 Å². The van der Waals surface area contributed by atoms with E-state index in [2.05, 4.69) is 14.9 Å². The molecular formula is C4H7BN2O2. The second-order valence-electron chi connectivity index (χ2n) is 1.60. The van der Waals surface area contributed by atoms with Crippen LogP contribution in [-0.4, -0.2) is 29.4 Å². The van der Waals surface area contributed by atoms with E-state index in [1.165, 1.54) is 7.11 Å². The minimum absolute atomic E-state index is 0.567. The van der Waals surface area contributed by atoms with E-state index in [0.29, 0.717) is 5.59 Å². The Kier molecular flexibility index (Phi) is 1.86. The highest BCUT2D eigenvalue weighted by molar-refractivity contribution is 6.58. The van der Waals surface area contributed by atoms with Crippen molar-refractivity contribution in [3.8, 4) is 0 Å². The molecule has 5 heteroatoms. The largest absolute Gasteiger partial charge is 0.510 e.